The molecule has 1 aliphatic rings. The Bertz CT molecular complexity index is 1410. The van der Waals surface area contributed by atoms with Gasteiger partial charge in [-0.2, -0.15) is 5.10 Å². The van der Waals surface area contributed by atoms with Gasteiger partial charge in [0, 0.05) is 29.1 Å². The van der Waals surface area contributed by atoms with E-state index in [0.717, 1.165) is 24.1 Å². The van der Waals surface area contributed by atoms with Crippen LogP contribution in [0.5, 0.6) is 5.75 Å². The number of amides is 1. The number of hydrogen-bond acceptors (Lipinski definition) is 6. The monoisotopic (exact) mass is 501 g/mol. The molecule has 0 saturated heterocycles. The highest BCUT2D eigenvalue weighted by molar-refractivity contribution is 6.02. The van der Waals surface area contributed by atoms with Crippen LogP contribution in [0.3, 0.4) is 0 Å². The Morgan fingerprint density at radius 1 is 1.22 bits per heavy atom. The number of halogens is 4. The first-order valence-corrected chi connectivity index (χ1v) is 11.0. The zero-order valence-corrected chi connectivity index (χ0v) is 18.8. The lowest BCUT2D eigenvalue weighted by molar-refractivity contribution is -0.274. The number of nitrogens with one attached hydrogen (secondary N) is 2. The van der Waals surface area contributed by atoms with Crippen molar-refractivity contribution in [2.75, 3.05) is 5.32 Å². The molecule has 0 radical (unpaired) electrons. The van der Waals surface area contributed by atoms with E-state index >= 15 is 0 Å². The Hall–Kier alpha value is -4.29. The van der Waals surface area contributed by atoms with Crippen molar-refractivity contribution >= 4 is 11.6 Å². The van der Waals surface area contributed by atoms with E-state index in [1.54, 1.807) is 29.1 Å². The van der Waals surface area contributed by atoms with Gasteiger partial charge in [0.25, 0.3) is 0 Å². The first kappa shape index (κ1) is 23.5. The fourth-order valence-electron chi connectivity index (χ4n) is 4.03. The number of aromatic nitrogens is 6. The molecule has 0 atom stereocenters. The summed E-state index contributed by atoms with van der Waals surface area (Å²) in [5.41, 5.74) is 1.48. The molecule has 1 aliphatic carbocycles. The number of ether oxygens (including phenoxy) is 1. The molecule has 186 valence electrons. The van der Waals surface area contributed by atoms with E-state index in [2.05, 4.69) is 35.8 Å². The van der Waals surface area contributed by atoms with E-state index in [9.17, 15) is 22.4 Å². The minimum absolute atomic E-state index is 0.00874. The fourth-order valence-corrected chi connectivity index (χ4v) is 4.03. The van der Waals surface area contributed by atoms with Crippen LogP contribution in [0, 0.1) is 5.82 Å². The lowest BCUT2D eigenvalue weighted by atomic mass is 9.94. The molecule has 1 saturated carbocycles. The summed E-state index contributed by atoms with van der Waals surface area (Å²) in [5, 5.41) is 21.0. The standard InChI is InChI=1S/C23H19F4N7O2/c1-2-13-11-28-34(12-13)19-6-3-14(9-16(19)20-30-32-33-31-20)29-21(35)22(7-8-22)17-5-4-15(10-18(17)24)36-23(25,26)27/h3-6,9-12H,2,7-8H2,1H3,(H,29,35)(H,30,31,32,33). The highest BCUT2D eigenvalue weighted by Gasteiger charge is 2.53. The first-order chi connectivity index (χ1) is 17.2. The van der Waals surface area contributed by atoms with Crippen LogP contribution in [0.25, 0.3) is 17.1 Å². The topological polar surface area (TPSA) is 111 Å². The molecule has 1 fully saturated rings. The third-order valence-corrected chi connectivity index (χ3v) is 6.02. The second-order valence-electron chi connectivity index (χ2n) is 8.35. The minimum atomic E-state index is -4.94. The molecular weight excluding hydrogens is 482 g/mol. The zero-order valence-electron chi connectivity index (χ0n) is 18.8. The van der Waals surface area contributed by atoms with Gasteiger partial charge in [0.05, 0.1) is 17.3 Å². The summed E-state index contributed by atoms with van der Waals surface area (Å²) < 4.78 is 57.5. The van der Waals surface area contributed by atoms with Gasteiger partial charge in [-0.25, -0.2) is 14.2 Å². The summed E-state index contributed by atoms with van der Waals surface area (Å²) in [6.07, 6.45) is 0.164. The van der Waals surface area contributed by atoms with Crippen LogP contribution >= 0.6 is 0 Å². The Kier molecular flexibility index (Phi) is 5.69. The van der Waals surface area contributed by atoms with Crippen molar-refractivity contribution in [2.45, 2.75) is 38.0 Å². The van der Waals surface area contributed by atoms with Gasteiger partial charge in [-0.3, -0.25) is 4.79 Å². The summed E-state index contributed by atoms with van der Waals surface area (Å²) in [5.74, 6) is -1.76. The Balaban J connectivity index is 1.42. The number of benzene rings is 2. The predicted molar refractivity (Wildman–Crippen MR) is 119 cm³/mol. The summed E-state index contributed by atoms with van der Waals surface area (Å²) in [6.45, 7) is 2.01. The molecule has 0 unspecified atom stereocenters. The smallest absolute Gasteiger partial charge is 0.406 e. The molecule has 13 heteroatoms. The maximum Gasteiger partial charge on any atom is 0.573 e. The quantitative estimate of drug-likeness (QED) is 0.365. The molecule has 4 aromatic rings. The van der Waals surface area contributed by atoms with Crippen LogP contribution in [-0.2, 0) is 16.6 Å². The number of alkyl halides is 3. The molecule has 2 N–H and O–H groups in total. The second kappa shape index (κ2) is 8.73. The molecule has 2 aromatic heterocycles. The van der Waals surface area contributed by atoms with E-state index < -0.39 is 29.3 Å². The van der Waals surface area contributed by atoms with Crippen LogP contribution in [0.2, 0.25) is 0 Å². The lowest BCUT2D eigenvalue weighted by Crippen LogP contribution is -2.29. The number of H-pyrrole nitrogens is 1. The molecular formula is C23H19F4N7O2. The molecule has 0 aliphatic heterocycles. The molecule has 36 heavy (non-hydrogen) atoms. The third kappa shape index (κ3) is 4.51. The third-order valence-electron chi connectivity index (χ3n) is 6.02. The normalized spacial score (nSPS) is 14.5. The summed E-state index contributed by atoms with van der Waals surface area (Å²) in [7, 11) is 0. The molecule has 0 spiro atoms. The largest absolute Gasteiger partial charge is 0.573 e. The van der Waals surface area contributed by atoms with Crippen LogP contribution in [-0.4, -0.2) is 42.7 Å². The summed E-state index contributed by atoms with van der Waals surface area (Å²) in [4.78, 5) is 13.2. The van der Waals surface area contributed by atoms with E-state index in [4.69, 9.17) is 0 Å². The summed E-state index contributed by atoms with van der Waals surface area (Å²) in [6, 6.07) is 7.85. The number of aromatic amines is 1. The van der Waals surface area contributed by atoms with Gasteiger partial charge in [0.2, 0.25) is 5.91 Å². The highest BCUT2D eigenvalue weighted by Crippen LogP contribution is 2.50. The predicted octanol–water partition coefficient (Wildman–Crippen LogP) is 4.32. The van der Waals surface area contributed by atoms with Crippen molar-refractivity contribution in [3.05, 3.63) is 65.7 Å². The van der Waals surface area contributed by atoms with Gasteiger partial charge < -0.3 is 10.1 Å². The number of tetrazole rings is 1. The van der Waals surface area contributed by atoms with E-state index in [1.165, 1.54) is 0 Å². The molecule has 9 nitrogen and oxygen atoms in total. The number of hydrogen-bond donors (Lipinski definition) is 2. The number of carbonyl (C=O) groups is 1. The molecule has 0 bridgehead atoms. The van der Waals surface area contributed by atoms with Crippen molar-refractivity contribution in [1.82, 2.24) is 30.4 Å². The van der Waals surface area contributed by atoms with Gasteiger partial charge in [-0.05, 0) is 59.5 Å². The van der Waals surface area contributed by atoms with Crippen LogP contribution < -0.4 is 10.1 Å². The van der Waals surface area contributed by atoms with Crippen LogP contribution in [0.1, 0.15) is 30.9 Å². The van der Waals surface area contributed by atoms with E-state index in [-0.39, 0.29) is 5.56 Å². The van der Waals surface area contributed by atoms with Crippen molar-refractivity contribution in [1.29, 1.82) is 0 Å². The van der Waals surface area contributed by atoms with E-state index in [0.29, 0.717) is 41.7 Å². The highest BCUT2D eigenvalue weighted by atomic mass is 19.4. The number of nitrogens with zero attached hydrogens (tertiary/aromatic N) is 5. The molecule has 2 heterocycles. The lowest BCUT2D eigenvalue weighted by Gasteiger charge is -2.18. The average Bonchev–Trinajstić information content (AvgIpc) is 3.22. The van der Waals surface area contributed by atoms with Crippen molar-refractivity contribution < 1.29 is 27.1 Å². The van der Waals surface area contributed by atoms with Crippen LogP contribution in [0.15, 0.2) is 48.8 Å². The Morgan fingerprint density at radius 2 is 2.03 bits per heavy atom. The first-order valence-electron chi connectivity index (χ1n) is 11.0. The second-order valence-corrected chi connectivity index (χ2v) is 8.35. The minimum Gasteiger partial charge on any atom is -0.406 e. The zero-order chi connectivity index (χ0) is 25.5. The molecule has 5 rings (SSSR count). The number of rotatable bonds is 7. The van der Waals surface area contributed by atoms with Gasteiger partial charge in [0.15, 0.2) is 5.82 Å². The van der Waals surface area contributed by atoms with Crippen molar-refractivity contribution in [3.8, 4) is 22.8 Å². The van der Waals surface area contributed by atoms with Gasteiger partial charge in [0.1, 0.15) is 11.6 Å². The average molecular weight is 501 g/mol. The number of carbonyl (C=O) groups excluding carboxylic acids is 1. The van der Waals surface area contributed by atoms with Crippen molar-refractivity contribution in [2.24, 2.45) is 0 Å². The van der Waals surface area contributed by atoms with Gasteiger partial charge in [-0.15, -0.1) is 18.3 Å². The maximum atomic E-state index is 14.7. The SMILES string of the molecule is CCc1cnn(-c2ccc(NC(=O)C3(c4ccc(OC(F)(F)F)cc4F)CC3)cc2-c2nnn[nH]2)c1. The van der Waals surface area contributed by atoms with Gasteiger partial charge >= 0.3 is 6.36 Å². The Labute approximate surface area is 201 Å². The van der Waals surface area contributed by atoms with Gasteiger partial charge in [-0.1, -0.05) is 13.0 Å². The molecule has 1 amide bonds. The summed E-state index contributed by atoms with van der Waals surface area (Å²) >= 11 is 0. The fraction of sp³-hybridized carbons (Fsp3) is 0.261. The Morgan fingerprint density at radius 3 is 2.64 bits per heavy atom. The van der Waals surface area contributed by atoms with Crippen molar-refractivity contribution in [3.63, 3.8) is 0 Å². The number of aryl methyl sites for hydroxylation is 1. The number of anilines is 1. The van der Waals surface area contributed by atoms with E-state index in [1.807, 2.05) is 13.1 Å². The molecule has 2 aromatic carbocycles. The maximum absolute atomic E-state index is 14.7. The van der Waals surface area contributed by atoms with Crippen LogP contribution in [0.4, 0.5) is 23.2 Å².